The van der Waals surface area contributed by atoms with E-state index in [1.165, 1.54) is 0 Å². The molecule has 6 nitrogen and oxygen atoms in total. The molecule has 0 amide bonds. The molecule has 0 spiro atoms. The minimum Gasteiger partial charge on any atom is -0.759 e. The summed E-state index contributed by atoms with van der Waals surface area (Å²) in [5.74, 6) is 0. The zero-order chi connectivity index (χ0) is 7.21. The Hall–Kier alpha value is 1.93. The van der Waals surface area contributed by atoms with Crippen LogP contribution in [0.2, 0.25) is 0 Å². The van der Waals surface area contributed by atoms with Gasteiger partial charge >= 0.3 is 67.8 Å². The molecule has 0 fully saturated rings. The van der Waals surface area contributed by atoms with Crippen molar-refractivity contribution in [1.29, 1.82) is 0 Å². The van der Waals surface area contributed by atoms with Crippen molar-refractivity contribution in [2.24, 2.45) is 0 Å². The van der Waals surface area contributed by atoms with Crippen LogP contribution in [0, 0.1) is 0 Å². The van der Waals surface area contributed by atoms with Crippen LogP contribution in [0.4, 0.5) is 0 Å². The molecule has 0 rings (SSSR count). The predicted molar refractivity (Wildman–Crippen MR) is 20.3 cm³/mol. The smallest absolute Gasteiger partial charge is 0.759 e. The molecular formula is HNa2O6PS. The van der Waals surface area contributed by atoms with E-state index in [4.69, 9.17) is 27.0 Å². The van der Waals surface area contributed by atoms with E-state index >= 15 is 0 Å². The molecule has 0 aromatic carbocycles. The average molecular weight is 206 g/mol. The molecule has 0 atom stereocenters. The molecular weight excluding hydrogens is 205 g/mol. The van der Waals surface area contributed by atoms with E-state index in [9.17, 15) is 0 Å². The van der Waals surface area contributed by atoms with Gasteiger partial charge in [0.05, 0.1) is 0 Å². The first kappa shape index (κ1) is 22.7. The van der Waals surface area contributed by atoms with Gasteiger partial charge in [-0.05, 0) is 0 Å². The van der Waals surface area contributed by atoms with E-state index in [-0.39, 0.29) is 59.1 Å². The van der Waals surface area contributed by atoms with Crippen molar-refractivity contribution in [1.82, 2.24) is 0 Å². The van der Waals surface area contributed by atoms with Crippen molar-refractivity contribution >= 4 is 19.1 Å². The first-order valence-electron chi connectivity index (χ1n) is 1.05. The third-order valence-corrected chi connectivity index (χ3v) is 0. The molecule has 10 heteroatoms. The molecule has 0 saturated carbocycles. The molecule has 0 bridgehead atoms. The summed E-state index contributed by atoms with van der Waals surface area (Å²) >= 11 is 0. The van der Waals surface area contributed by atoms with Gasteiger partial charge in [0, 0.05) is 10.4 Å². The third-order valence-electron chi connectivity index (χ3n) is 0. The van der Waals surface area contributed by atoms with Crippen LogP contribution >= 0.6 is 8.69 Å². The van der Waals surface area contributed by atoms with E-state index in [0.29, 0.717) is 0 Å². The second kappa shape index (κ2) is 13.5. The maximum absolute atomic E-state index is 8.52. The first-order valence-corrected chi connectivity index (χ1v) is 3.15. The quantitative estimate of drug-likeness (QED) is 0.182. The SMILES string of the molecule is O=PO.O=S(=O)([O-])[O-].[Na+].[Na+]. The second-order valence-corrected chi connectivity index (χ2v) is 1.47. The maximum atomic E-state index is 8.52. The molecule has 0 aromatic heterocycles. The van der Waals surface area contributed by atoms with Gasteiger partial charge in [-0.25, -0.2) is 4.57 Å². The fourth-order valence-corrected chi connectivity index (χ4v) is 0. The Morgan fingerprint density at radius 2 is 1.20 bits per heavy atom. The van der Waals surface area contributed by atoms with Gasteiger partial charge in [-0.1, -0.05) is 0 Å². The zero-order valence-corrected chi connectivity index (χ0v) is 11.1. The van der Waals surface area contributed by atoms with Gasteiger partial charge in [-0.15, -0.1) is 0 Å². The standard InChI is InChI=1S/2Na.H2O4S.HO2P/c;;1-5(2,3)4;1-3-2/h;;(H2,1,2,3,4);(H,1,2)/q2*+1;;/p-2. The summed E-state index contributed by atoms with van der Waals surface area (Å²) in [6.07, 6.45) is 0. The van der Waals surface area contributed by atoms with Crippen LogP contribution in [0.25, 0.3) is 0 Å². The summed E-state index contributed by atoms with van der Waals surface area (Å²) in [5.41, 5.74) is 0. The predicted octanol–water partition coefficient (Wildman–Crippen LogP) is -7.14. The molecule has 0 saturated heterocycles. The Morgan fingerprint density at radius 3 is 1.20 bits per heavy atom. The van der Waals surface area contributed by atoms with Crippen LogP contribution in [-0.4, -0.2) is 22.4 Å². The summed E-state index contributed by atoms with van der Waals surface area (Å²) in [7, 11) is -6.00. The molecule has 0 aliphatic carbocycles. The van der Waals surface area contributed by atoms with Gasteiger partial charge in [-0.3, -0.25) is 8.42 Å². The van der Waals surface area contributed by atoms with Crippen molar-refractivity contribution in [3.63, 3.8) is 0 Å². The minimum absolute atomic E-state index is 0. The average Bonchev–Trinajstić information content (AvgIpc) is 1.27. The Kier molecular flexibility index (Phi) is 30.6. The molecule has 0 aromatic rings. The molecule has 0 unspecified atom stereocenters. The molecule has 0 heterocycles. The van der Waals surface area contributed by atoms with Crippen molar-refractivity contribution in [2.45, 2.75) is 0 Å². The molecule has 0 aliphatic rings. The Morgan fingerprint density at radius 1 is 1.20 bits per heavy atom. The van der Waals surface area contributed by atoms with Gasteiger partial charge in [0.1, 0.15) is 0 Å². The zero-order valence-electron chi connectivity index (χ0n) is 5.34. The molecule has 1 N–H and O–H groups in total. The van der Waals surface area contributed by atoms with Crippen LogP contribution in [-0.2, 0) is 15.0 Å². The monoisotopic (exact) mass is 206 g/mol. The van der Waals surface area contributed by atoms with E-state index in [0.717, 1.165) is 0 Å². The van der Waals surface area contributed by atoms with Gasteiger partial charge in [0.25, 0.3) is 0 Å². The molecule has 0 aliphatic heterocycles. The van der Waals surface area contributed by atoms with Gasteiger partial charge in [0.15, 0.2) is 0 Å². The first-order chi connectivity index (χ1) is 3.41. The normalized spacial score (nSPS) is 7.90. The van der Waals surface area contributed by atoms with Crippen LogP contribution in [0.5, 0.6) is 0 Å². The fourth-order valence-electron chi connectivity index (χ4n) is 0. The Balaban J connectivity index is -0.0000000326. The van der Waals surface area contributed by atoms with Crippen molar-refractivity contribution in [3.8, 4) is 0 Å². The number of hydrogen-bond donors (Lipinski definition) is 1. The summed E-state index contributed by atoms with van der Waals surface area (Å²) < 4.78 is 42.5. The van der Waals surface area contributed by atoms with Crippen molar-refractivity contribution < 1.29 is 86.1 Å². The van der Waals surface area contributed by atoms with Crippen LogP contribution in [0.3, 0.4) is 0 Å². The summed E-state index contributed by atoms with van der Waals surface area (Å²) in [5, 5.41) is 0. The van der Waals surface area contributed by atoms with Gasteiger partial charge in [0.2, 0.25) is 0 Å². The van der Waals surface area contributed by atoms with E-state index < -0.39 is 19.1 Å². The van der Waals surface area contributed by atoms with Crippen LogP contribution < -0.4 is 59.1 Å². The van der Waals surface area contributed by atoms with E-state index in [1.54, 1.807) is 0 Å². The van der Waals surface area contributed by atoms with Crippen LogP contribution in [0.15, 0.2) is 0 Å². The van der Waals surface area contributed by atoms with Crippen LogP contribution in [0.1, 0.15) is 0 Å². The summed E-state index contributed by atoms with van der Waals surface area (Å²) in [6, 6.07) is 0. The van der Waals surface area contributed by atoms with Gasteiger partial charge in [-0.2, -0.15) is 0 Å². The molecule has 0 radical (unpaired) electrons. The minimum atomic E-state index is -5.17. The summed E-state index contributed by atoms with van der Waals surface area (Å²) in [6.45, 7) is 0. The fraction of sp³-hybridized carbons (Fsp3) is 0. The molecule has 10 heavy (non-hydrogen) atoms. The van der Waals surface area contributed by atoms with Crippen molar-refractivity contribution in [2.75, 3.05) is 0 Å². The number of hydrogen-bond acceptors (Lipinski definition) is 5. The topological polar surface area (TPSA) is 118 Å². The van der Waals surface area contributed by atoms with Gasteiger partial charge < -0.3 is 14.0 Å². The van der Waals surface area contributed by atoms with E-state index in [1.807, 2.05) is 0 Å². The largest absolute Gasteiger partial charge is 1.00 e. The second-order valence-electron chi connectivity index (χ2n) is 0.490. The third kappa shape index (κ3) is 213. The Bertz CT molecular complexity index is 130. The van der Waals surface area contributed by atoms with Crippen molar-refractivity contribution in [3.05, 3.63) is 0 Å². The number of rotatable bonds is 0. The summed E-state index contributed by atoms with van der Waals surface area (Å²) in [4.78, 5) is 6.99. The molecule has 50 valence electrons. The Labute approximate surface area is 104 Å². The van der Waals surface area contributed by atoms with E-state index in [2.05, 4.69) is 0 Å². The maximum Gasteiger partial charge on any atom is 1.00 e.